The Kier molecular flexibility index (Phi) is 8.88. The van der Waals surface area contributed by atoms with E-state index in [0.29, 0.717) is 25.9 Å². The lowest BCUT2D eigenvalue weighted by molar-refractivity contribution is -0.144. The molecule has 2 heterocycles. The molecule has 2 aromatic rings. The van der Waals surface area contributed by atoms with Gasteiger partial charge in [0.15, 0.2) is 0 Å². The van der Waals surface area contributed by atoms with Gasteiger partial charge in [0.25, 0.3) is 0 Å². The largest absolute Gasteiger partial charge is 0.508 e. The highest BCUT2D eigenvalue weighted by atomic mass is 16.5. The summed E-state index contributed by atoms with van der Waals surface area (Å²) >= 11 is 0. The second-order valence-electron chi connectivity index (χ2n) is 8.70. The third-order valence-corrected chi connectivity index (χ3v) is 6.24. The number of carbonyl (C=O) groups is 4. The average molecular weight is 499 g/mol. The van der Waals surface area contributed by atoms with Crippen molar-refractivity contribution in [1.29, 1.82) is 0 Å². The molecule has 4 rings (SSSR count). The molecular weight excluding hydrogens is 468 g/mol. The maximum Gasteiger partial charge on any atom is 0.306 e. The normalized spacial score (nSPS) is 18.5. The van der Waals surface area contributed by atoms with E-state index in [-0.39, 0.29) is 36.2 Å². The van der Waals surface area contributed by atoms with Gasteiger partial charge >= 0.3 is 11.9 Å². The number of fused-ring (bicyclic) bond motifs is 2. The van der Waals surface area contributed by atoms with Crippen molar-refractivity contribution in [3.05, 3.63) is 58.7 Å². The number of phenols is 2. The number of ether oxygens (including phenoxy) is 2. The molecular formula is C26H30N2O8. The van der Waals surface area contributed by atoms with Crippen LogP contribution in [0.2, 0.25) is 0 Å². The molecule has 2 aliphatic heterocycles. The van der Waals surface area contributed by atoms with Crippen LogP contribution < -0.4 is 10.6 Å². The molecule has 10 nitrogen and oxygen atoms in total. The Bertz CT molecular complexity index is 1060. The molecule has 0 saturated carbocycles. The number of nitrogens with one attached hydrogen (secondary N) is 2. The van der Waals surface area contributed by atoms with E-state index < -0.39 is 23.8 Å². The molecule has 0 aliphatic carbocycles. The second-order valence-corrected chi connectivity index (χ2v) is 8.70. The molecule has 2 amide bonds. The fourth-order valence-corrected chi connectivity index (χ4v) is 4.22. The summed E-state index contributed by atoms with van der Waals surface area (Å²) in [5.74, 6) is -1.57. The first-order valence-corrected chi connectivity index (χ1v) is 11.5. The second kappa shape index (κ2) is 12.1. The number of amides is 2. The molecule has 1 unspecified atom stereocenters. The predicted octanol–water partition coefficient (Wildman–Crippen LogP) is 1.49. The van der Waals surface area contributed by atoms with Crippen molar-refractivity contribution in [2.75, 3.05) is 14.2 Å². The molecule has 0 radical (unpaired) electrons. The summed E-state index contributed by atoms with van der Waals surface area (Å²) in [6.45, 7) is 0.750. The smallest absolute Gasteiger partial charge is 0.306 e. The van der Waals surface area contributed by atoms with Gasteiger partial charge in [0, 0.05) is 13.1 Å². The molecule has 0 aromatic heterocycles. The summed E-state index contributed by atoms with van der Waals surface area (Å²) < 4.78 is 9.18. The molecule has 0 fully saturated rings. The van der Waals surface area contributed by atoms with Crippen LogP contribution in [0.15, 0.2) is 36.4 Å². The van der Waals surface area contributed by atoms with E-state index in [1.165, 1.54) is 14.2 Å². The van der Waals surface area contributed by atoms with Crippen molar-refractivity contribution in [2.24, 2.45) is 11.8 Å². The molecule has 36 heavy (non-hydrogen) atoms. The van der Waals surface area contributed by atoms with Gasteiger partial charge in [-0.05, 0) is 59.4 Å². The highest BCUT2D eigenvalue weighted by molar-refractivity contribution is 5.85. The van der Waals surface area contributed by atoms with E-state index in [1.807, 2.05) is 0 Å². The summed E-state index contributed by atoms with van der Waals surface area (Å²) in [7, 11) is 2.62. The van der Waals surface area contributed by atoms with Gasteiger partial charge < -0.3 is 30.3 Å². The molecule has 4 N–H and O–H groups in total. The predicted molar refractivity (Wildman–Crippen MR) is 128 cm³/mol. The monoisotopic (exact) mass is 498 g/mol. The lowest BCUT2D eigenvalue weighted by Crippen LogP contribution is -2.30. The summed E-state index contributed by atoms with van der Waals surface area (Å²) in [4.78, 5) is 46.2. The fourth-order valence-electron chi connectivity index (χ4n) is 4.22. The van der Waals surface area contributed by atoms with Crippen molar-refractivity contribution in [3.8, 4) is 11.5 Å². The van der Waals surface area contributed by atoms with Crippen LogP contribution in [-0.4, -0.2) is 48.2 Å². The minimum atomic E-state index is -0.414. The van der Waals surface area contributed by atoms with Gasteiger partial charge in [-0.25, -0.2) is 0 Å². The Labute approximate surface area is 208 Å². The van der Waals surface area contributed by atoms with Crippen LogP contribution in [0.25, 0.3) is 0 Å². The van der Waals surface area contributed by atoms with E-state index >= 15 is 0 Å². The van der Waals surface area contributed by atoms with Gasteiger partial charge in [0.2, 0.25) is 11.8 Å². The number of carbonyl (C=O) groups excluding carboxylic acids is 4. The van der Waals surface area contributed by atoms with Crippen molar-refractivity contribution in [3.63, 3.8) is 0 Å². The van der Waals surface area contributed by atoms with Crippen LogP contribution in [0.5, 0.6) is 11.5 Å². The van der Waals surface area contributed by atoms with Crippen LogP contribution >= 0.6 is 0 Å². The van der Waals surface area contributed by atoms with Gasteiger partial charge in [0.1, 0.15) is 11.5 Å². The highest BCUT2D eigenvalue weighted by Gasteiger charge is 2.27. The van der Waals surface area contributed by atoms with E-state index in [9.17, 15) is 29.4 Å². The number of esters is 2. The summed E-state index contributed by atoms with van der Waals surface area (Å²) in [6, 6.07) is 10.0. The molecule has 10 heteroatoms. The Hall–Kier alpha value is -4.08. The van der Waals surface area contributed by atoms with Gasteiger partial charge in [-0.3, -0.25) is 19.2 Å². The molecule has 2 aliphatic rings. The highest BCUT2D eigenvalue weighted by Crippen LogP contribution is 2.25. The van der Waals surface area contributed by atoms with E-state index in [0.717, 1.165) is 22.3 Å². The van der Waals surface area contributed by atoms with Crippen LogP contribution in [0, 0.1) is 11.8 Å². The average Bonchev–Trinajstić information content (AvgIpc) is 3.11. The zero-order valence-corrected chi connectivity index (χ0v) is 20.2. The topological polar surface area (TPSA) is 151 Å². The third-order valence-electron chi connectivity index (χ3n) is 6.24. The summed E-state index contributed by atoms with van der Waals surface area (Å²) in [5, 5.41) is 24.3. The Morgan fingerprint density at radius 3 is 1.50 bits per heavy atom. The molecule has 2 aromatic carbocycles. The first-order valence-electron chi connectivity index (χ1n) is 11.5. The van der Waals surface area contributed by atoms with E-state index in [1.54, 1.807) is 36.4 Å². The minimum Gasteiger partial charge on any atom is -0.508 e. The van der Waals surface area contributed by atoms with Crippen molar-refractivity contribution >= 4 is 23.8 Å². The molecule has 0 saturated heterocycles. The van der Waals surface area contributed by atoms with Gasteiger partial charge in [0.05, 0.1) is 38.9 Å². The lowest BCUT2D eigenvalue weighted by atomic mass is 9.94. The fraction of sp³-hybridized carbons (Fsp3) is 0.385. The van der Waals surface area contributed by atoms with Gasteiger partial charge in [-0.1, -0.05) is 12.1 Å². The number of benzene rings is 2. The van der Waals surface area contributed by atoms with Crippen molar-refractivity contribution < 1.29 is 38.9 Å². The van der Waals surface area contributed by atoms with E-state index in [2.05, 4.69) is 20.1 Å². The number of hydrogen-bond acceptors (Lipinski definition) is 8. The van der Waals surface area contributed by atoms with Gasteiger partial charge in [-0.2, -0.15) is 0 Å². The van der Waals surface area contributed by atoms with Crippen LogP contribution in [0.1, 0.15) is 35.1 Å². The number of methoxy groups -OCH3 is 2. The SMILES string of the molecule is COC(=O)CC1Cc2ccc(O)cc2CNC1=O.COC(=O)C[C@@H]1Cc2ccc(O)cc2CNC1=O. The van der Waals surface area contributed by atoms with Crippen LogP contribution in [0.3, 0.4) is 0 Å². The number of rotatable bonds is 4. The Morgan fingerprint density at radius 2 is 1.14 bits per heavy atom. The van der Waals surface area contributed by atoms with Crippen LogP contribution in [0.4, 0.5) is 0 Å². The Balaban J connectivity index is 0.000000201. The van der Waals surface area contributed by atoms with Crippen LogP contribution in [-0.2, 0) is 54.6 Å². The summed E-state index contributed by atoms with van der Waals surface area (Å²) in [5.41, 5.74) is 3.71. The number of aromatic hydroxyl groups is 2. The zero-order valence-electron chi connectivity index (χ0n) is 20.2. The Morgan fingerprint density at radius 1 is 0.750 bits per heavy atom. The lowest BCUT2D eigenvalue weighted by Gasteiger charge is -2.11. The van der Waals surface area contributed by atoms with E-state index in [4.69, 9.17) is 0 Å². The van der Waals surface area contributed by atoms with Crippen molar-refractivity contribution in [2.45, 2.75) is 38.8 Å². The van der Waals surface area contributed by atoms with Crippen molar-refractivity contribution in [1.82, 2.24) is 10.6 Å². The number of phenolic OH excluding ortho intramolecular Hbond substituents is 2. The quantitative estimate of drug-likeness (QED) is 0.463. The standard InChI is InChI=1S/2C13H15NO4/c2*1-18-12(16)6-9-4-8-2-3-11(15)5-10(8)7-14-13(9)17/h2*2-3,5,9,15H,4,6-7H2,1H3,(H,14,17)/t9-;/m0./s1. The maximum absolute atomic E-state index is 11.8. The first-order chi connectivity index (χ1) is 17.2. The maximum atomic E-state index is 11.8. The molecule has 0 spiro atoms. The first kappa shape index (κ1) is 26.5. The summed E-state index contributed by atoms with van der Waals surface area (Å²) in [6.07, 6.45) is 1.11. The number of hydrogen-bond donors (Lipinski definition) is 4. The molecule has 0 bridgehead atoms. The molecule has 192 valence electrons. The van der Waals surface area contributed by atoms with Gasteiger partial charge in [-0.15, -0.1) is 0 Å². The molecule has 2 atom stereocenters. The minimum absolute atomic E-state index is 0.0721. The third kappa shape index (κ3) is 6.97. The zero-order chi connectivity index (χ0) is 26.2.